The predicted octanol–water partition coefficient (Wildman–Crippen LogP) is 5.27. The normalized spacial score (nSPS) is 11.0. The molecule has 2 aromatic carbocycles. The van der Waals surface area contributed by atoms with E-state index in [-0.39, 0.29) is 12.0 Å². The smallest absolute Gasteiger partial charge is 0.257 e. The summed E-state index contributed by atoms with van der Waals surface area (Å²) in [6, 6.07) is 10.7. The summed E-state index contributed by atoms with van der Waals surface area (Å²) in [4.78, 5) is 16.6. The van der Waals surface area contributed by atoms with E-state index in [4.69, 9.17) is 4.74 Å². The van der Waals surface area contributed by atoms with E-state index in [9.17, 15) is 13.6 Å². The summed E-state index contributed by atoms with van der Waals surface area (Å²) in [5, 5.41) is 4.77. The Morgan fingerprint density at radius 1 is 1.15 bits per heavy atom. The second-order valence-corrected chi connectivity index (χ2v) is 7.04. The number of amides is 1. The molecule has 140 valence electrons. The number of halogens is 2. The monoisotopic (exact) mass is 388 g/mol. The SMILES string of the molecule is CC(C)OCc1ccc(C(=O)Nc2nc(-c3ccc(F)c(F)c3)cs2)cc1. The minimum Gasteiger partial charge on any atom is -0.374 e. The molecule has 0 spiro atoms. The highest BCUT2D eigenvalue weighted by molar-refractivity contribution is 7.14. The molecular weight excluding hydrogens is 370 g/mol. The van der Waals surface area contributed by atoms with Crippen LogP contribution in [-0.4, -0.2) is 17.0 Å². The number of anilines is 1. The fourth-order valence-corrected chi connectivity index (χ4v) is 3.02. The summed E-state index contributed by atoms with van der Waals surface area (Å²) in [5.41, 5.74) is 2.39. The fourth-order valence-electron chi connectivity index (χ4n) is 2.30. The van der Waals surface area contributed by atoms with Gasteiger partial charge in [0, 0.05) is 16.5 Å². The van der Waals surface area contributed by atoms with Gasteiger partial charge in [-0.25, -0.2) is 13.8 Å². The third-order valence-corrected chi connectivity index (χ3v) is 4.50. The summed E-state index contributed by atoms with van der Waals surface area (Å²) in [6.07, 6.45) is 0.140. The van der Waals surface area contributed by atoms with Gasteiger partial charge in [-0.3, -0.25) is 10.1 Å². The molecule has 1 N–H and O–H groups in total. The van der Waals surface area contributed by atoms with Crippen molar-refractivity contribution in [3.05, 3.63) is 70.6 Å². The maximum atomic E-state index is 13.4. The highest BCUT2D eigenvalue weighted by Gasteiger charge is 2.12. The lowest BCUT2D eigenvalue weighted by Crippen LogP contribution is -2.11. The van der Waals surface area contributed by atoms with Crippen LogP contribution in [0.1, 0.15) is 29.8 Å². The lowest BCUT2D eigenvalue weighted by molar-refractivity contribution is 0.0657. The average Bonchev–Trinajstić information content (AvgIpc) is 3.11. The van der Waals surface area contributed by atoms with E-state index >= 15 is 0 Å². The average molecular weight is 388 g/mol. The lowest BCUT2D eigenvalue weighted by atomic mass is 10.1. The second kappa shape index (κ2) is 8.37. The Morgan fingerprint density at radius 3 is 2.56 bits per heavy atom. The third kappa shape index (κ3) is 4.96. The number of thiazole rings is 1. The molecule has 0 aliphatic rings. The van der Waals surface area contributed by atoms with Crippen molar-refractivity contribution in [3.8, 4) is 11.3 Å². The molecule has 0 atom stereocenters. The second-order valence-electron chi connectivity index (χ2n) is 6.18. The van der Waals surface area contributed by atoms with Crippen molar-refractivity contribution in [1.82, 2.24) is 4.98 Å². The molecule has 3 rings (SSSR count). The van der Waals surface area contributed by atoms with E-state index in [0.29, 0.717) is 28.6 Å². The summed E-state index contributed by atoms with van der Waals surface area (Å²) in [5.74, 6) is -2.14. The maximum absolute atomic E-state index is 13.4. The van der Waals surface area contributed by atoms with Gasteiger partial charge in [-0.15, -0.1) is 11.3 Å². The molecule has 0 saturated carbocycles. The zero-order valence-corrected chi connectivity index (χ0v) is 15.6. The summed E-state index contributed by atoms with van der Waals surface area (Å²) in [7, 11) is 0. The first-order valence-electron chi connectivity index (χ1n) is 8.35. The maximum Gasteiger partial charge on any atom is 0.257 e. The highest BCUT2D eigenvalue weighted by atomic mass is 32.1. The van der Waals surface area contributed by atoms with E-state index in [0.717, 1.165) is 17.7 Å². The van der Waals surface area contributed by atoms with Crippen molar-refractivity contribution in [3.63, 3.8) is 0 Å². The van der Waals surface area contributed by atoms with Crippen LogP contribution in [0, 0.1) is 11.6 Å². The van der Waals surface area contributed by atoms with Gasteiger partial charge in [-0.1, -0.05) is 12.1 Å². The zero-order chi connectivity index (χ0) is 19.4. The van der Waals surface area contributed by atoms with Crippen LogP contribution >= 0.6 is 11.3 Å². The molecule has 3 aromatic rings. The minimum atomic E-state index is -0.937. The van der Waals surface area contributed by atoms with E-state index < -0.39 is 11.6 Å². The molecular formula is C20H18F2N2O2S. The highest BCUT2D eigenvalue weighted by Crippen LogP contribution is 2.26. The van der Waals surface area contributed by atoms with Crippen molar-refractivity contribution in [2.45, 2.75) is 26.6 Å². The summed E-state index contributed by atoms with van der Waals surface area (Å²) in [6.45, 7) is 4.42. The Labute approximate surface area is 159 Å². The first-order chi connectivity index (χ1) is 12.9. The fraction of sp³-hybridized carbons (Fsp3) is 0.200. The summed E-state index contributed by atoms with van der Waals surface area (Å²) >= 11 is 1.21. The van der Waals surface area contributed by atoms with Gasteiger partial charge >= 0.3 is 0 Å². The third-order valence-electron chi connectivity index (χ3n) is 3.74. The molecule has 1 aromatic heterocycles. The molecule has 1 heterocycles. The Balaban J connectivity index is 1.66. The number of nitrogens with one attached hydrogen (secondary N) is 1. The van der Waals surface area contributed by atoms with Crippen LogP contribution in [0.5, 0.6) is 0 Å². The molecule has 0 aliphatic heterocycles. The molecule has 0 aliphatic carbocycles. The molecule has 7 heteroatoms. The molecule has 4 nitrogen and oxygen atoms in total. The number of rotatable bonds is 6. The van der Waals surface area contributed by atoms with Crippen LogP contribution in [-0.2, 0) is 11.3 Å². The first-order valence-corrected chi connectivity index (χ1v) is 9.23. The molecule has 0 fully saturated rings. The Morgan fingerprint density at radius 2 is 1.89 bits per heavy atom. The van der Waals surface area contributed by atoms with E-state index in [2.05, 4.69) is 10.3 Å². The minimum absolute atomic E-state index is 0.140. The number of aromatic nitrogens is 1. The Hall–Kier alpha value is -2.64. The quantitative estimate of drug-likeness (QED) is 0.626. The van der Waals surface area contributed by atoms with Gasteiger partial charge in [-0.05, 0) is 49.7 Å². The lowest BCUT2D eigenvalue weighted by Gasteiger charge is -2.08. The molecule has 1 amide bonds. The number of carbonyl (C=O) groups excluding carboxylic acids is 1. The molecule has 0 radical (unpaired) electrons. The van der Waals surface area contributed by atoms with E-state index in [1.165, 1.54) is 17.4 Å². The van der Waals surface area contributed by atoms with Gasteiger partial charge < -0.3 is 4.74 Å². The number of ether oxygens (including phenoxy) is 1. The van der Waals surface area contributed by atoms with Gasteiger partial charge in [0.25, 0.3) is 5.91 Å². The van der Waals surface area contributed by atoms with Crippen LogP contribution in [0.3, 0.4) is 0 Å². The van der Waals surface area contributed by atoms with Crippen LogP contribution in [0.25, 0.3) is 11.3 Å². The molecule has 0 unspecified atom stereocenters. The van der Waals surface area contributed by atoms with Crippen molar-refractivity contribution in [2.24, 2.45) is 0 Å². The van der Waals surface area contributed by atoms with E-state index in [1.807, 2.05) is 26.0 Å². The first kappa shape index (κ1) is 19.1. The van der Waals surface area contributed by atoms with Crippen LogP contribution < -0.4 is 5.32 Å². The van der Waals surface area contributed by atoms with Gasteiger partial charge in [0.2, 0.25) is 0 Å². The predicted molar refractivity (Wildman–Crippen MR) is 102 cm³/mol. The number of benzene rings is 2. The number of carbonyl (C=O) groups is 1. The van der Waals surface area contributed by atoms with Gasteiger partial charge in [0.05, 0.1) is 18.4 Å². The Kier molecular flexibility index (Phi) is 5.93. The molecule has 0 saturated heterocycles. The zero-order valence-electron chi connectivity index (χ0n) is 14.8. The van der Waals surface area contributed by atoms with Crippen molar-refractivity contribution >= 4 is 22.4 Å². The largest absolute Gasteiger partial charge is 0.374 e. The molecule has 0 bridgehead atoms. The van der Waals surface area contributed by atoms with Crippen LogP contribution in [0.4, 0.5) is 13.9 Å². The van der Waals surface area contributed by atoms with Gasteiger partial charge in [-0.2, -0.15) is 0 Å². The number of hydrogen-bond acceptors (Lipinski definition) is 4. The van der Waals surface area contributed by atoms with Gasteiger partial charge in [0.15, 0.2) is 16.8 Å². The van der Waals surface area contributed by atoms with Crippen LogP contribution in [0.15, 0.2) is 47.8 Å². The standard InChI is InChI=1S/C20H18F2N2O2S/c1-12(2)26-10-13-3-5-14(6-4-13)19(25)24-20-23-18(11-27-20)15-7-8-16(21)17(22)9-15/h3-9,11-12H,10H2,1-2H3,(H,23,24,25). The van der Waals surface area contributed by atoms with Gasteiger partial charge in [0.1, 0.15) is 0 Å². The van der Waals surface area contributed by atoms with Crippen LogP contribution in [0.2, 0.25) is 0 Å². The number of hydrogen-bond donors (Lipinski definition) is 1. The van der Waals surface area contributed by atoms with E-state index in [1.54, 1.807) is 17.5 Å². The number of nitrogens with zero attached hydrogens (tertiary/aromatic N) is 1. The van der Waals surface area contributed by atoms with Crippen molar-refractivity contribution < 1.29 is 18.3 Å². The topological polar surface area (TPSA) is 51.2 Å². The van der Waals surface area contributed by atoms with Crippen molar-refractivity contribution in [2.75, 3.05) is 5.32 Å². The molecule has 27 heavy (non-hydrogen) atoms. The van der Waals surface area contributed by atoms with Crippen molar-refractivity contribution in [1.29, 1.82) is 0 Å². The Bertz CT molecular complexity index is 939. The summed E-state index contributed by atoms with van der Waals surface area (Å²) < 4.78 is 31.9.